The van der Waals surface area contributed by atoms with E-state index in [1.165, 1.54) is 115 Å². The van der Waals surface area contributed by atoms with E-state index in [1.807, 2.05) is 14.2 Å². The molecule has 0 bridgehead atoms. The van der Waals surface area contributed by atoms with Gasteiger partial charge in [-0.3, -0.25) is 0 Å². The standard InChI is InChI=1S/C22H48O2Si/c1-5-7-9-11-13-14-16-18-20-22-25(23-3,24-4)21-19-17-15-12-10-8-6-2/h5-22H2,1-4H3. The zero-order chi connectivity index (χ0) is 18.6. The van der Waals surface area contributed by atoms with Crippen LogP contribution in [-0.2, 0) is 8.85 Å². The molecule has 25 heavy (non-hydrogen) atoms. The normalized spacial score (nSPS) is 12.0. The molecule has 2 nitrogen and oxygen atoms in total. The first-order valence-corrected chi connectivity index (χ1v) is 13.6. The fraction of sp³-hybridized carbons (Fsp3) is 1.00. The van der Waals surface area contributed by atoms with Crippen LogP contribution in [0.25, 0.3) is 0 Å². The second-order valence-electron chi connectivity index (χ2n) is 7.77. The van der Waals surface area contributed by atoms with E-state index in [1.54, 1.807) is 0 Å². The highest BCUT2D eigenvalue weighted by atomic mass is 28.4. The van der Waals surface area contributed by atoms with Gasteiger partial charge in [0.15, 0.2) is 0 Å². The third-order valence-electron chi connectivity index (χ3n) is 5.57. The monoisotopic (exact) mass is 372 g/mol. The van der Waals surface area contributed by atoms with Crippen LogP contribution in [0, 0.1) is 0 Å². The molecule has 0 spiro atoms. The van der Waals surface area contributed by atoms with Gasteiger partial charge in [0, 0.05) is 14.2 Å². The quantitative estimate of drug-likeness (QED) is 0.159. The van der Waals surface area contributed by atoms with Gasteiger partial charge < -0.3 is 8.85 Å². The third-order valence-corrected chi connectivity index (χ3v) is 9.29. The molecule has 0 radical (unpaired) electrons. The molecule has 0 saturated heterocycles. The van der Waals surface area contributed by atoms with E-state index in [4.69, 9.17) is 8.85 Å². The van der Waals surface area contributed by atoms with Gasteiger partial charge in [-0.1, -0.05) is 117 Å². The molecule has 0 rings (SSSR count). The number of rotatable bonds is 20. The molecular formula is C22H48O2Si. The Labute approximate surface area is 160 Å². The van der Waals surface area contributed by atoms with Crippen LogP contribution in [-0.4, -0.2) is 22.8 Å². The summed E-state index contributed by atoms with van der Waals surface area (Å²) < 4.78 is 11.8. The average Bonchev–Trinajstić information content (AvgIpc) is 2.64. The van der Waals surface area contributed by atoms with Gasteiger partial charge in [-0.05, 0) is 12.1 Å². The van der Waals surface area contributed by atoms with Crippen molar-refractivity contribution in [1.82, 2.24) is 0 Å². The van der Waals surface area contributed by atoms with E-state index in [0.717, 1.165) is 0 Å². The van der Waals surface area contributed by atoms with Crippen molar-refractivity contribution in [2.75, 3.05) is 14.2 Å². The maximum Gasteiger partial charge on any atom is 0.337 e. The van der Waals surface area contributed by atoms with Crippen LogP contribution in [0.4, 0.5) is 0 Å². The molecular weight excluding hydrogens is 324 g/mol. The molecule has 0 aliphatic heterocycles. The predicted octanol–water partition coefficient (Wildman–Crippen LogP) is 8.00. The van der Waals surface area contributed by atoms with Crippen LogP contribution < -0.4 is 0 Å². The summed E-state index contributed by atoms with van der Waals surface area (Å²) in [5.41, 5.74) is 0. The highest BCUT2D eigenvalue weighted by Crippen LogP contribution is 2.25. The first-order chi connectivity index (χ1) is 12.2. The fourth-order valence-corrected chi connectivity index (χ4v) is 6.48. The van der Waals surface area contributed by atoms with Crippen LogP contribution >= 0.6 is 0 Å². The van der Waals surface area contributed by atoms with Crippen LogP contribution in [0.3, 0.4) is 0 Å². The van der Waals surface area contributed by atoms with Gasteiger partial charge in [0.05, 0.1) is 0 Å². The van der Waals surface area contributed by atoms with Crippen molar-refractivity contribution in [3.63, 3.8) is 0 Å². The lowest BCUT2D eigenvalue weighted by Crippen LogP contribution is -2.39. The van der Waals surface area contributed by atoms with Crippen LogP contribution in [0.1, 0.15) is 117 Å². The first-order valence-electron chi connectivity index (χ1n) is 11.3. The Morgan fingerprint density at radius 3 is 1.00 bits per heavy atom. The third kappa shape index (κ3) is 14.9. The minimum atomic E-state index is -1.90. The summed E-state index contributed by atoms with van der Waals surface area (Å²) >= 11 is 0. The molecule has 0 aromatic rings. The van der Waals surface area contributed by atoms with Gasteiger partial charge >= 0.3 is 8.56 Å². The smallest absolute Gasteiger partial charge is 0.337 e. The molecule has 0 saturated carbocycles. The van der Waals surface area contributed by atoms with Gasteiger partial charge in [0.2, 0.25) is 0 Å². The van der Waals surface area contributed by atoms with Crippen molar-refractivity contribution < 1.29 is 8.85 Å². The first kappa shape index (κ1) is 25.1. The summed E-state index contributed by atoms with van der Waals surface area (Å²) in [6, 6.07) is 2.37. The topological polar surface area (TPSA) is 18.5 Å². The summed E-state index contributed by atoms with van der Waals surface area (Å²) in [7, 11) is 1.85. The van der Waals surface area contributed by atoms with E-state index in [2.05, 4.69) is 13.8 Å². The minimum absolute atomic E-state index is 1.19. The Morgan fingerprint density at radius 2 is 0.720 bits per heavy atom. The van der Waals surface area contributed by atoms with E-state index >= 15 is 0 Å². The molecule has 152 valence electrons. The van der Waals surface area contributed by atoms with Crippen LogP contribution in [0.2, 0.25) is 12.1 Å². The molecule has 0 aromatic carbocycles. The molecule has 0 aliphatic carbocycles. The molecule has 0 amide bonds. The van der Waals surface area contributed by atoms with E-state index in [-0.39, 0.29) is 0 Å². The number of hydrogen-bond acceptors (Lipinski definition) is 2. The average molecular weight is 373 g/mol. The Kier molecular flexibility index (Phi) is 19.0. The van der Waals surface area contributed by atoms with Gasteiger partial charge in [-0.2, -0.15) is 0 Å². The summed E-state index contributed by atoms with van der Waals surface area (Å²) in [6.07, 6.45) is 22.1. The van der Waals surface area contributed by atoms with Crippen molar-refractivity contribution in [3.05, 3.63) is 0 Å². The Bertz CT molecular complexity index is 254. The van der Waals surface area contributed by atoms with Gasteiger partial charge in [-0.15, -0.1) is 0 Å². The lowest BCUT2D eigenvalue weighted by atomic mass is 10.1. The lowest BCUT2D eigenvalue weighted by molar-refractivity contribution is 0.238. The fourth-order valence-electron chi connectivity index (χ4n) is 3.67. The number of hydrogen-bond donors (Lipinski definition) is 0. The largest absolute Gasteiger partial charge is 0.398 e. The zero-order valence-corrected chi connectivity index (χ0v) is 19.0. The van der Waals surface area contributed by atoms with Crippen molar-refractivity contribution in [1.29, 1.82) is 0 Å². The maximum atomic E-state index is 5.92. The van der Waals surface area contributed by atoms with Gasteiger partial charge in [0.1, 0.15) is 0 Å². The summed E-state index contributed by atoms with van der Waals surface area (Å²) in [4.78, 5) is 0. The second-order valence-corrected chi connectivity index (χ2v) is 11.4. The summed E-state index contributed by atoms with van der Waals surface area (Å²) in [5.74, 6) is 0. The highest BCUT2D eigenvalue weighted by Gasteiger charge is 2.33. The molecule has 0 aromatic heterocycles. The van der Waals surface area contributed by atoms with Gasteiger partial charge in [-0.25, -0.2) is 0 Å². The van der Waals surface area contributed by atoms with Crippen molar-refractivity contribution in [3.8, 4) is 0 Å². The Balaban J connectivity index is 3.69. The summed E-state index contributed by atoms with van der Waals surface area (Å²) in [5, 5.41) is 0. The summed E-state index contributed by atoms with van der Waals surface area (Å²) in [6.45, 7) is 4.57. The highest BCUT2D eigenvalue weighted by molar-refractivity contribution is 6.67. The van der Waals surface area contributed by atoms with Crippen molar-refractivity contribution >= 4 is 8.56 Å². The Hall–Kier alpha value is 0.137. The van der Waals surface area contributed by atoms with E-state index in [0.29, 0.717) is 0 Å². The molecule has 0 fully saturated rings. The predicted molar refractivity (Wildman–Crippen MR) is 115 cm³/mol. The second kappa shape index (κ2) is 18.9. The SMILES string of the molecule is CCCCCCCCCCC[Si](CCCCCCCCC)(OC)OC. The molecule has 0 atom stereocenters. The molecule has 0 aliphatic rings. The maximum absolute atomic E-state index is 5.92. The molecule has 0 unspecified atom stereocenters. The van der Waals surface area contributed by atoms with Gasteiger partial charge in [0.25, 0.3) is 0 Å². The Morgan fingerprint density at radius 1 is 0.440 bits per heavy atom. The molecule has 3 heteroatoms. The van der Waals surface area contributed by atoms with Crippen molar-refractivity contribution in [2.45, 2.75) is 129 Å². The zero-order valence-electron chi connectivity index (χ0n) is 18.0. The molecule has 0 N–H and O–H groups in total. The van der Waals surface area contributed by atoms with E-state index < -0.39 is 8.56 Å². The van der Waals surface area contributed by atoms with Crippen molar-refractivity contribution in [2.24, 2.45) is 0 Å². The lowest BCUT2D eigenvalue weighted by Gasteiger charge is -2.27. The van der Waals surface area contributed by atoms with Crippen LogP contribution in [0.15, 0.2) is 0 Å². The number of unbranched alkanes of at least 4 members (excludes halogenated alkanes) is 14. The molecule has 0 heterocycles. The van der Waals surface area contributed by atoms with Crippen LogP contribution in [0.5, 0.6) is 0 Å². The van der Waals surface area contributed by atoms with E-state index in [9.17, 15) is 0 Å². The minimum Gasteiger partial charge on any atom is -0.398 e.